The lowest BCUT2D eigenvalue weighted by Crippen LogP contribution is -2.37. The molecule has 6 heteroatoms. The van der Waals surface area contributed by atoms with Gasteiger partial charge in [-0.3, -0.25) is 9.59 Å². The minimum absolute atomic E-state index is 0.317. The smallest absolute Gasteiger partial charge is 0.253 e. The molecule has 0 atom stereocenters. The van der Waals surface area contributed by atoms with Gasteiger partial charge in [-0.2, -0.15) is 0 Å². The van der Waals surface area contributed by atoms with E-state index in [4.69, 9.17) is 11.6 Å². The molecular weight excluding hydrogens is 386 g/mol. The first-order chi connectivity index (χ1) is 14.1. The highest BCUT2D eigenvalue weighted by atomic mass is 35.5. The van der Waals surface area contributed by atoms with Gasteiger partial charge in [0.15, 0.2) is 0 Å². The van der Waals surface area contributed by atoms with Gasteiger partial charge in [0.05, 0.1) is 0 Å². The Morgan fingerprint density at radius 3 is 2.17 bits per heavy atom. The van der Waals surface area contributed by atoms with E-state index in [1.165, 1.54) is 30.5 Å². The van der Waals surface area contributed by atoms with Crippen LogP contribution in [0, 0.1) is 0 Å². The zero-order valence-electron chi connectivity index (χ0n) is 16.2. The van der Waals surface area contributed by atoms with Crippen molar-refractivity contribution in [1.29, 1.82) is 0 Å². The summed E-state index contributed by atoms with van der Waals surface area (Å²) in [4.78, 5) is 26.3. The van der Waals surface area contributed by atoms with Gasteiger partial charge in [0.1, 0.15) is 11.4 Å². The first kappa shape index (κ1) is 19.5. The molecule has 1 aliphatic heterocycles. The maximum atomic E-state index is 11.9. The second kappa shape index (κ2) is 8.70. The lowest BCUT2D eigenvalue weighted by Gasteiger charge is -2.28. The summed E-state index contributed by atoms with van der Waals surface area (Å²) in [5, 5.41) is 6.74. The monoisotopic (exact) mass is 409 g/mol. The fourth-order valence-electron chi connectivity index (χ4n) is 3.71. The third-order valence-corrected chi connectivity index (χ3v) is 5.65. The quantitative estimate of drug-likeness (QED) is 0.569. The third kappa shape index (κ3) is 4.46. The van der Waals surface area contributed by atoms with E-state index < -0.39 is 10.9 Å². The number of hydrogen-bond donors (Lipinski definition) is 2. The number of hydrogen-bond acceptors (Lipinski definition) is 5. The van der Waals surface area contributed by atoms with Gasteiger partial charge in [0.25, 0.3) is 10.9 Å². The van der Waals surface area contributed by atoms with Gasteiger partial charge in [-0.1, -0.05) is 23.7 Å². The minimum atomic E-state index is -0.492. The van der Waals surface area contributed by atoms with Crippen molar-refractivity contribution in [2.24, 2.45) is 0 Å². The van der Waals surface area contributed by atoms with Crippen LogP contribution in [-0.2, 0) is 6.42 Å². The average molecular weight is 410 g/mol. The zero-order valence-corrected chi connectivity index (χ0v) is 17.0. The highest BCUT2D eigenvalue weighted by Crippen LogP contribution is 2.23. The Morgan fingerprint density at radius 2 is 1.48 bits per heavy atom. The Kier molecular flexibility index (Phi) is 5.86. The summed E-state index contributed by atoms with van der Waals surface area (Å²) in [6.07, 6.45) is 4.63. The molecule has 1 heterocycles. The molecular formula is C23H24ClN3O2. The molecule has 0 saturated carbocycles. The van der Waals surface area contributed by atoms with Crippen LogP contribution in [0.3, 0.4) is 0 Å². The van der Waals surface area contributed by atoms with Crippen LogP contribution in [-0.4, -0.2) is 19.6 Å². The second-order valence-corrected chi connectivity index (χ2v) is 7.87. The molecule has 3 aromatic carbocycles. The molecule has 0 unspecified atom stereocenters. The van der Waals surface area contributed by atoms with Crippen LogP contribution in [0.1, 0.15) is 24.8 Å². The van der Waals surface area contributed by atoms with E-state index in [1.807, 2.05) is 0 Å². The summed E-state index contributed by atoms with van der Waals surface area (Å²) in [7, 11) is 0. The Balaban J connectivity index is 1.34. The Bertz CT molecular complexity index is 1030. The van der Waals surface area contributed by atoms with E-state index in [0.717, 1.165) is 25.2 Å². The van der Waals surface area contributed by atoms with Crippen LogP contribution in [0.2, 0.25) is 5.02 Å². The molecule has 0 aliphatic carbocycles. The number of nitrogens with zero attached hydrogens (tertiary/aromatic N) is 1. The molecule has 150 valence electrons. The van der Waals surface area contributed by atoms with E-state index in [2.05, 4.69) is 39.8 Å². The maximum absolute atomic E-state index is 11.9. The SMILES string of the molecule is O=c1c(NCCc2ccc(N3CCCCC3)cc2)c(Nc2ccc(Cl)cc2)c1=O. The van der Waals surface area contributed by atoms with Gasteiger partial charge in [0.2, 0.25) is 0 Å². The molecule has 0 radical (unpaired) electrons. The first-order valence-electron chi connectivity index (χ1n) is 10.1. The predicted octanol–water partition coefficient (Wildman–Crippen LogP) is 4.32. The largest absolute Gasteiger partial charge is 0.380 e. The molecule has 0 spiro atoms. The summed E-state index contributed by atoms with van der Waals surface area (Å²) in [5.41, 5.74) is 2.91. The molecule has 2 N–H and O–H groups in total. The van der Waals surface area contributed by atoms with Gasteiger partial charge in [0, 0.05) is 36.0 Å². The van der Waals surface area contributed by atoms with E-state index >= 15 is 0 Å². The molecule has 3 aromatic rings. The van der Waals surface area contributed by atoms with Gasteiger partial charge in [-0.15, -0.1) is 0 Å². The topological polar surface area (TPSA) is 61.4 Å². The van der Waals surface area contributed by atoms with E-state index in [-0.39, 0.29) is 0 Å². The molecule has 0 bridgehead atoms. The number of piperidine rings is 1. The summed E-state index contributed by atoms with van der Waals surface area (Å²) < 4.78 is 0. The van der Waals surface area contributed by atoms with Gasteiger partial charge in [-0.05, 0) is 67.6 Å². The normalized spacial score (nSPS) is 14.2. The first-order valence-corrected chi connectivity index (χ1v) is 10.4. The summed E-state index contributed by atoms with van der Waals surface area (Å²) in [6, 6.07) is 15.6. The van der Waals surface area contributed by atoms with E-state index in [0.29, 0.717) is 22.9 Å². The molecule has 1 aliphatic rings. The van der Waals surface area contributed by atoms with Crippen LogP contribution in [0.25, 0.3) is 0 Å². The number of benzene rings is 2. The minimum Gasteiger partial charge on any atom is -0.380 e. The van der Waals surface area contributed by atoms with Crippen molar-refractivity contribution in [2.75, 3.05) is 35.2 Å². The fourth-order valence-corrected chi connectivity index (χ4v) is 3.84. The predicted molar refractivity (Wildman–Crippen MR) is 121 cm³/mol. The third-order valence-electron chi connectivity index (χ3n) is 5.40. The van der Waals surface area contributed by atoms with Crippen molar-refractivity contribution >= 4 is 34.4 Å². The number of anilines is 4. The van der Waals surface area contributed by atoms with Crippen LogP contribution in [0.4, 0.5) is 22.7 Å². The summed E-state index contributed by atoms with van der Waals surface area (Å²) in [5.74, 6) is 0. The van der Waals surface area contributed by atoms with E-state index in [1.54, 1.807) is 24.3 Å². The van der Waals surface area contributed by atoms with Crippen LogP contribution in [0.15, 0.2) is 58.1 Å². The highest BCUT2D eigenvalue weighted by Gasteiger charge is 2.20. The van der Waals surface area contributed by atoms with Crippen LogP contribution >= 0.6 is 11.6 Å². The van der Waals surface area contributed by atoms with Crippen molar-refractivity contribution in [1.82, 2.24) is 0 Å². The lowest BCUT2D eigenvalue weighted by molar-refractivity contribution is 0.578. The van der Waals surface area contributed by atoms with Crippen molar-refractivity contribution in [3.63, 3.8) is 0 Å². The van der Waals surface area contributed by atoms with Crippen LogP contribution in [0.5, 0.6) is 0 Å². The van der Waals surface area contributed by atoms with Crippen molar-refractivity contribution in [3.8, 4) is 0 Å². The second-order valence-electron chi connectivity index (χ2n) is 7.43. The molecule has 4 rings (SSSR count). The Morgan fingerprint density at radius 1 is 0.828 bits per heavy atom. The standard InChI is InChI=1S/C23H24ClN3O2/c24-17-6-8-18(9-7-17)26-21-20(22(28)23(21)29)25-13-12-16-4-10-19(11-5-16)27-14-2-1-3-15-27/h4-11,25-26H,1-3,12-15H2. The average Bonchev–Trinajstić information content (AvgIpc) is 2.77. The number of rotatable bonds is 7. The summed E-state index contributed by atoms with van der Waals surface area (Å²) in [6.45, 7) is 2.85. The zero-order chi connectivity index (χ0) is 20.2. The lowest BCUT2D eigenvalue weighted by atomic mass is 10.1. The van der Waals surface area contributed by atoms with Crippen molar-refractivity contribution < 1.29 is 0 Å². The van der Waals surface area contributed by atoms with Gasteiger partial charge < -0.3 is 15.5 Å². The maximum Gasteiger partial charge on any atom is 0.253 e. The van der Waals surface area contributed by atoms with Crippen molar-refractivity contribution in [3.05, 3.63) is 79.6 Å². The van der Waals surface area contributed by atoms with Gasteiger partial charge >= 0.3 is 0 Å². The molecule has 0 amide bonds. The van der Waals surface area contributed by atoms with E-state index in [9.17, 15) is 9.59 Å². The van der Waals surface area contributed by atoms with Crippen molar-refractivity contribution in [2.45, 2.75) is 25.7 Å². The molecule has 0 aromatic heterocycles. The summed E-state index contributed by atoms with van der Waals surface area (Å²) >= 11 is 5.88. The number of nitrogens with one attached hydrogen (secondary N) is 2. The molecule has 29 heavy (non-hydrogen) atoms. The number of halogens is 1. The van der Waals surface area contributed by atoms with Gasteiger partial charge in [-0.25, -0.2) is 0 Å². The molecule has 1 saturated heterocycles. The molecule has 5 nitrogen and oxygen atoms in total. The fraction of sp³-hybridized carbons (Fsp3) is 0.304. The van der Waals surface area contributed by atoms with Crippen LogP contribution < -0.4 is 26.4 Å². The highest BCUT2D eigenvalue weighted by molar-refractivity contribution is 6.30. The Hall–Kier alpha value is -2.79. The molecule has 1 fully saturated rings. The Labute approximate surface area is 175 Å².